The highest BCUT2D eigenvalue weighted by atomic mass is 79.9. The Hall–Kier alpha value is -1.13. The molecule has 17 heavy (non-hydrogen) atoms. The van der Waals surface area contributed by atoms with Crippen LogP contribution in [0.2, 0.25) is 0 Å². The van der Waals surface area contributed by atoms with Crippen LogP contribution in [0.1, 0.15) is 5.56 Å². The molecule has 1 aromatic carbocycles. The van der Waals surface area contributed by atoms with Crippen LogP contribution >= 0.6 is 27.5 Å². The van der Waals surface area contributed by atoms with Gasteiger partial charge in [0.25, 0.3) is 0 Å². The molecule has 0 aliphatic carbocycles. The van der Waals surface area contributed by atoms with E-state index in [0.717, 1.165) is 5.56 Å². The predicted octanol–water partition coefficient (Wildman–Crippen LogP) is 4.51. The van der Waals surface area contributed by atoms with Crippen molar-refractivity contribution in [2.45, 2.75) is 5.88 Å². The normalized spacial score (nSPS) is 10.3. The monoisotopic (exact) mass is 315 g/mol. The summed E-state index contributed by atoms with van der Waals surface area (Å²) >= 11 is 8.93. The van der Waals surface area contributed by atoms with Gasteiger partial charge in [-0.1, -0.05) is 15.9 Å². The Balaban J connectivity index is 2.31. The average molecular weight is 317 g/mol. The molecule has 0 saturated heterocycles. The number of halogens is 3. The largest absolute Gasteiger partial charge is 0.454 e. The smallest absolute Gasteiger partial charge is 0.166 e. The first kappa shape index (κ1) is 12.3. The van der Waals surface area contributed by atoms with E-state index in [4.69, 9.17) is 16.3 Å². The van der Waals surface area contributed by atoms with Gasteiger partial charge in [-0.2, -0.15) is 0 Å². The molecule has 0 saturated carbocycles. The van der Waals surface area contributed by atoms with Crippen LogP contribution in [-0.4, -0.2) is 4.98 Å². The van der Waals surface area contributed by atoms with Gasteiger partial charge in [0, 0.05) is 22.4 Å². The van der Waals surface area contributed by atoms with E-state index in [1.165, 1.54) is 6.07 Å². The van der Waals surface area contributed by atoms with E-state index in [0.29, 0.717) is 10.2 Å². The summed E-state index contributed by atoms with van der Waals surface area (Å²) in [6.07, 6.45) is 3.17. The minimum atomic E-state index is -0.434. The van der Waals surface area contributed by atoms with Crippen LogP contribution in [0, 0.1) is 5.82 Å². The third-order valence-corrected chi connectivity index (χ3v) is 2.90. The number of nitrogens with zero attached hydrogens (tertiary/aromatic N) is 1. The number of rotatable bonds is 3. The summed E-state index contributed by atoms with van der Waals surface area (Å²) in [7, 11) is 0. The van der Waals surface area contributed by atoms with Crippen molar-refractivity contribution >= 4 is 27.5 Å². The second-order valence-corrected chi connectivity index (χ2v) is 4.48. The lowest BCUT2D eigenvalue weighted by Crippen LogP contribution is -1.92. The molecule has 88 valence electrons. The maximum absolute atomic E-state index is 13.6. The molecule has 1 heterocycles. The molecule has 5 heteroatoms. The van der Waals surface area contributed by atoms with Crippen molar-refractivity contribution in [3.05, 3.63) is 52.5 Å². The van der Waals surface area contributed by atoms with Crippen molar-refractivity contribution in [1.82, 2.24) is 4.98 Å². The van der Waals surface area contributed by atoms with Crippen molar-refractivity contribution in [3.63, 3.8) is 0 Å². The zero-order valence-corrected chi connectivity index (χ0v) is 11.0. The zero-order chi connectivity index (χ0) is 12.3. The molecule has 1 aromatic heterocycles. The molecule has 0 bridgehead atoms. The Morgan fingerprint density at radius 1 is 1.29 bits per heavy atom. The summed E-state index contributed by atoms with van der Waals surface area (Å²) in [4.78, 5) is 3.93. The molecule has 0 radical (unpaired) electrons. The fraction of sp³-hybridized carbons (Fsp3) is 0.0833. The number of pyridine rings is 1. The zero-order valence-electron chi connectivity index (χ0n) is 8.66. The van der Waals surface area contributed by atoms with Gasteiger partial charge >= 0.3 is 0 Å². The molecule has 0 spiro atoms. The third-order valence-electron chi connectivity index (χ3n) is 2.12. The molecule has 0 N–H and O–H groups in total. The highest BCUT2D eigenvalue weighted by Crippen LogP contribution is 2.29. The number of hydrogen-bond donors (Lipinski definition) is 0. The van der Waals surface area contributed by atoms with Gasteiger partial charge in [0.15, 0.2) is 11.6 Å². The van der Waals surface area contributed by atoms with Gasteiger partial charge in [0.1, 0.15) is 5.75 Å². The number of hydrogen-bond acceptors (Lipinski definition) is 2. The molecule has 0 fully saturated rings. The van der Waals surface area contributed by atoms with Gasteiger partial charge in [0.05, 0.1) is 5.88 Å². The van der Waals surface area contributed by atoms with Crippen LogP contribution in [0.4, 0.5) is 4.39 Å². The topological polar surface area (TPSA) is 22.1 Å². The highest BCUT2D eigenvalue weighted by molar-refractivity contribution is 9.10. The van der Waals surface area contributed by atoms with Gasteiger partial charge in [-0.15, -0.1) is 11.6 Å². The molecule has 2 nitrogen and oxygen atoms in total. The number of ether oxygens (including phenoxy) is 1. The summed E-state index contributed by atoms with van der Waals surface area (Å²) in [6, 6.07) is 6.26. The molecule has 0 aliphatic rings. The average Bonchev–Trinajstić information content (AvgIpc) is 2.33. The standard InChI is InChI=1S/C12H8BrClFNO/c13-9-1-2-12(10(15)5-9)17-11-3-4-16-7-8(11)6-14/h1-5,7H,6H2. The molecular weight excluding hydrogens is 308 g/mol. The van der Waals surface area contributed by atoms with Gasteiger partial charge in [-0.05, 0) is 24.3 Å². The van der Waals surface area contributed by atoms with E-state index in [9.17, 15) is 4.39 Å². The Labute approximate surface area is 112 Å². The fourth-order valence-electron chi connectivity index (χ4n) is 1.29. The van der Waals surface area contributed by atoms with Crippen LogP contribution in [0.3, 0.4) is 0 Å². The van der Waals surface area contributed by atoms with E-state index in [-0.39, 0.29) is 11.6 Å². The Bertz CT molecular complexity index is 536. The van der Waals surface area contributed by atoms with Crippen LogP contribution < -0.4 is 4.74 Å². The van der Waals surface area contributed by atoms with Crippen LogP contribution in [0.5, 0.6) is 11.5 Å². The lowest BCUT2D eigenvalue weighted by molar-refractivity contribution is 0.438. The second kappa shape index (κ2) is 5.47. The van der Waals surface area contributed by atoms with Gasteiger partial charge in [-0.3, -0.25) is 4.98 Å². The number of alkyl halides is 1. The maximum Gasteiger partial charge on any atom is 0.166 e. The lowest BCUT2D eigenvalue weighted by atomic mass is 10.3. The first-order valence-corrected chi connectivity index (χ1v) is 6.15. The molecule has 2 aromatic rings. The van der Waals surface area contributed by atoms with Gasteiger partial charge in [-0.25, -0.2) is 4.39 Å². The Morgan fingerprint density at radius 2 is 2.12 bits per heavy atom. The van der Waals surface area contributed by atoms with Gasteiger partial charge < -0.3 is 4.74 Å². The molecule has 0 atom stereocenters. The van der Waals surface area contributed by atoms with Crippen LogP contribution in [-0.2, 0) is 5.88 Å². The minimum Gasteiger partial charge on any atom is -0.454 e. The van der Waals surface area contributed by atoms with Crippen LogP contribution in [0.25, 0.3) is 0 Å². The van der Waals surface area contributed by atoms with E-state index in [1.54, 1.807) is 30.6 Å². The SMILES string of the molecule is Fc1cc(Br)ccc1Oc1ccncc1CCl. The van der Waals surface area contributed by atoms with Gasteiger partial charge in [0.2, 0.25) is 0 Å². The Morgan fingerprint density at radius 3 is 2.82 bits per heavy atom. The summed E-state index contributed by atoms with van der Waals surface area (Å²) in [5.41, 5.74) is 0.719. The number of benzene rings is 1. The van der Waals surface area contributed by atoms with Crippen molar-refractivity contribution < 1.29 is 9.13 Å². The molecule has 0 aliphatic heterocycles. The lowest BCUT2D eigenvalue weighted by Gasteiger charge is -2.09. The molecule has 0 unspecified atom stereocenters. The second-order valence-electron chi connectivity index (χ2n) is 3.29. The quantitative estimate of drug-likeness (QED) is 0.777. The molecule has 0 amide bonds. The first-order valence-electron chi connectivity index (χ1n) is 4.82. The van der Waals surface area contributed by atoms with Crippen LogP contribution in [0.15, 0.2) is 41.1 Å². The first-order chi connectivity index (χ1) is 8.20. The van der Waals surface area contributed by atoms with E-state index >= 15 is 0 Å². The van der Waals surface area contributed by atoms with Crippen molar-refractivity contribution in [2.75, 3.05) is 0 Å². The summed E-state index contributed by atoms with van der Waals surface area (Å²) in [6.45, 7) is 0. The Kier molecular flexibility index (Phi) is 3.97. The molecule has 2 rings (SSSR count). The third kappa shape index (κ3) is 2.96. The molecular formula is C12H8BrClFNO. The summed E-state index contributed by atoms with van der Waals surface area (Å²) in [5, 5.41) is 0. The minimum absolute atomic E-state index is 0.158. The van der Waals surface area contributed by atoms with Crippen molar-refractivity contribution in [3.8, 4) is 11.5 Å². The number of aromatic nitrogens is 1. The fourth-order valence-corrected chi connectivity index (χ4v) is 1.82. The van der Waals surface area contributed by atoms with Crippen molar-refractivity contribution in [1.29, 1.82) is 0 Å². The van der Waals surface area contributed by atoms with E-state index in [2.05, 4.69) is 20.9 Å². The maximum atomic E-state index is 13.6. The van der Waals surface area contributed by atoms with E-state index < -0.39 is 5.82 Å². The van der Waals surface area contributed by atoms with Crippen molar-refractivity contribution in [2.24, 2.45) is 0 Å². The summed E-state index contributed by atoms with van der Waals surface area (Å²) < 4.78 is 19.7. The predicted molar refractivity (Wildman–Crippen MR) is 68.0 cm³/mol. The highest BCUT2D eigenvalue weighted by Gasteiger charge is 2.08. The summed E-state index contributed by atoms with van der Waals surface area (Å²) in [5.74, 6) is 0.500. The van der Waals surface area contributed by atoms with E-state index in [1.807, 2.05) is 0 Å².